The van der Waals surface area contributed by atoms with Gasteiger partial charge in [0.05, 0.1) is 13.4 Å². The molecular formula is C18H19NO4. The molecule has 0 spiro atoms. The van der Waals surface area contributed by atoms with E-state index in [2.05, 4.69) is 17.0 Å². The summed E-state index contributed by atoms with van der Waals surface area (Å²) in [6, 6.07) is 7.09. The summed E-state index contributed by atoms with van der Waals surface area (Å²) in [7, 11) is 1.41. The molecule has 0 atom stereocenters. The van der Waals surface area contributed by atoms with E-state index in [1.54, 1.807) is 25.1 Å². The molecule has 0 aliphatic heterocycles. The number of nitrogens with zero attached hydrogens (tertiary/aromatic N) is 1. The summed E-state index contributed by atoms with van der Waals surface area (Å²) >= 11 is 0. The molecule has 0 aromatic heterocycles. The molecule has 120 valence electrons. The molecule has 0 amide bonds. The van der Waals surface area contributed by atoms with Crippen LogP contribution < -0.4 is 0 Å². The summed E-state index contributed by atoms with van der Waals surface area (Å²) in [4.78, 5) is 16.7. The predicted molar refractivity (Wildman–Crippen MR) is 87.5 cm³/mol. The Hall–Kier alpha value is -2.74. The molecule has 1 aliphatic carbocycles. The molecule has 5 nitrogen and oxygen atoms in total. The molecule has 0 saturated heterocycles. The minimum absolute atomic E-state index is 0.0703. The SMILES string of the molecule is CO/C=C(/C(=O)O)c1ccccc1CO/N=C(\C)C#CC1CC1. The average molecular weight is 313 g/mol. The molecule has 23 heavy (non-hydrogen) atoms. The number of hydrogen-bond acceptors (Lipinski definition) is 4. The number of carbonyl (C=O) groups is 1. The Morgan fingerprint density at radius 2 is 2.17 bits per heavy atom. The van der Waals surface area contributed by atoms with Crippen LogP contribution in [0.3, 0.4) is 0 Å². The Kier molecular flexibility index (Phi) is 5.81. The van der Waals surface area contributed by atoms with Crippen molar-refractivity contribution in [2.45, 2.75) is 26.4 Å². The fourth-order valence-electron chi connectivity index (χ4n) is 1.91. The van der Waals surface area contributed by atoms with E-state index in [-0.39, 0.29) is 12.2 Å². The maximum absolute atomic E-state index is 11.3. The standard InChI is InChI=1S/C18H19NO4/c1-13(7-8-14-9-10-14)19-23-11-15-5-3-4-6-16(15)17(12-22-2)18(20)21/h3-6,12,14H,9-11H2,1-2H3,(H,20,21)/b17-12+,19-13+. The number of benzene rings is 1. The molecule has 1 saturated carbocycles. The molecule has 0 radical (unpaired) electrons. The van der Waals surface area contributed by atoms with Crippen molar-refractivity contribution in [3.05, 3.63) is 41.7 Å². The van der Waals surface area contributed by atoms with Crippen molar-refractivity contribution in [2.24, 2.45) is 11.1 Å². The zero-order valence-electron chi connectivity index (χ0n) is 13.2. The average Bonchev–Trinajstić information content (AvgIpc) is 3.35. The summed E-state index contributed by atoms with van der Waals surface area (Å²) in [6.07, 6.45) is 3.54. The molecule has 0 bridgehead atoms. The lowest BCUT2D eigenvalue weighted by Crippen LogP contribution is -2.04. The van der Waals surface area contributed by atoms with E-state index in [1.807, 2.05) is 6.07 Å². The van der Waals surface area contributed by atoms with E-state index < -0.39 is 5.97 Å². The molecule has 2 rings (SSSR count). The number of aliphatic carboxylic acids is 1. The van der Waals surface area contributed by atoms with Gasteiger partial charge in [-0.15, -0.1) is 0 Å². The molecule has 5 heteroatoms. The summed E-state index contributed by atoms with van der Waals surface area (Å²) in [6.45, 7) is 1.95. The number of carboxylic acids is 1. The molecule has 1 aliphatic rings. The first kappa shape index (κ1) is 16.6. The lowest BCUT2D eigenvalue weighted by molar-refractivity contribution is -0.130. The van der Waals surface area contributed by atoms with Crippen LogP contribution in [0.15, 0.2) is 35.7 Å². The van der Waals surface area contributed by atoms with Gasteiger partial charge in [-0.2, -0.15) is 0 Å². The van der Waals surface area contributed by atoms with Crippen LogP contribution in [0.5, 0.6) is 0 Å². The third-order valence-corrected chi connectivity index (χ3v) is 3.23. The topological polar surface area (TPSA) is 68.1 Å². The first-order valence-corrected chi connectivity index (χ1v) is 7.34. The van der Waals surface area contributed by atoms with Gasteiger partial charge in [0.15, 0.2) is 0 Å². The maximum Gasteiger partial charge on any atom is 0.339 e. The molecule has 1 aromatic carbocycles. The fourth-order valence-corrected chi connectivity index (χ4v) is 1.91. The molecule has 1 N–H and O–H groups in total. The van der Waals surface area contributed by atoms with E-state index in [0.717, 1.165) is 12.8 Å². The van der Waals surface area contributed by atoms with Crippen LogP contribution in [-0.4, -0.2) is 23.9 Å². The van der Waals surface area contributed by atoms with Gasteiger partial charge < -0.3 is 14.7 Å². The second-order valence-corrected chi connectivity index (χ2v) is 5.22. The van der Waals surface area contributed by atoms with Crippen LogP contribution >= 0.6 is 0 Å². The Morgan fingerprint density at radius 3 is 2.83 bits per heavy atom. The summed E-state index contributed by atoms with van der Waals surface area (Å²) in [5.74, 6) is 5.51. The van der Waals surface area contributed by atoms with E-state index in [1.165, 1.54) is 13.4 Å². The van der Waals surface area contributed by atoms with Crippen LogP contribution in [-0.2, 0) is 21.0 Å². The largest absolute Gasteiger partial charge is 0.503 e. The third kappa shape index (κ3) is 5.19. The second kappa shape index (κ2) is 8.04. The maximum atomic E-state index is 11.3. The van der Waals surface area contributed by atoms with Crippen LogP contribution in [0, 0.1) is 17.8 Å². The minimum atomic E-state index is -1.06. The number of oxime groups is 1. The van der Waals surface area contributed by atoms with E-state index >= 15 is 0 Å². The first-order valence-electron chi connectivity index (χ1n) is 7.34. The molecule has 1 fully saturated rings. The normalized spacial score (nSPS) is 14.7. The van der Waals surface area contributed by atoms with E-state index in [0.29, 0.717) is 22.8 Å². The predicted octanol–water partition coefficient (Wildman–Crippen LogP) is 3.06. The van der Waals surface area contributed by atoms with Gasteiger partial charge in [-0.25, -0.2) is 4.79 Å². The number of ether oxygens (including phenoxy) is 1. The van der Waals surface area contributed by atoms with Gasteiger partial charge in [0, 0.05) is 11.5 Å². The highest BCUT2D eigenvalue weighted by Gasteiger charge is 2.17. The highest BCUT2D eigenvalue weighted by molar-refractivity contribution is 6.15. The van der Waals surface area contributed by atoms with Crippen LogP contribution in [0.2, 0.25) is 0 Å². The van der Waals surface area contributed by atoms with E-state index in [4.69, 9.17) is 9.57 Å². The lowest BCUT2D eigenvalue weighted by Gasteiger charge is -2.09. The number of rotatable bonds is 6. The van der Waals surface area contributed by atoms with Crippen molar-refractivity contribution in [3.8, 4) is 11.8 Å². The Bertz CT molecular complexity index is 690. The van der Waals surface area contributed by atoms with Gasteiger partial charge in [0.2, 0.25) is 0 Å². The van der Waals surface area contributed by atoms with Crippen molar-refractivity contribution in [1.29, 1.82) is 0 Å². The Labute approximate surface area is 135 Å². The van der Waals surface area contributed by atoms with Crippen LogP contribution in [0.25, 0.3) is 5.57 Å². The highest BCUT2D eigenvalue weighted by atomic mass is 16.6. The second-order valence-electron chi connectivity index (χ2n) is 5.22. The van der Waals surface area contributed by atoms with Crippen molar-refractivity contribution in [3.63, 3.8) is 0 Å². The highest BCUT2D eigenvalue weighted by Crippen LogP contribution is 2.27. The monoisotopic (exact) mass is 313 g/mol. The van der Waals surface area contributed by atoms with Crippen LogP contribution in [0.4, 0.5) is 0 Å². The lowest BCUT2D eigenvalue weighted by atomic mass is 10.0. The minimum Gasteiger partial charge on any atom is -0.503 e. The molecule has 0 unspecified atom stereocenters. The smallest absolute Gasteiger partial charge is 0.339 e. The summed E-state index contributed by atoms with van der Waals surface area (Å²) < 4.78 is 4.85. The van der Waals surface area contributed by atoms with Crippen molar-refractivity contribution in [2.75, 3.05) is 7.11 Å². The summed E-state index contributed by atoms with van der Waals surface area (Å²) in [5, 5.41) is 13.2. The van der Waals surface area contributed by atoms with Gasteiger partial charge in [0.25, 0.3) is 0 Å². The number of hydrogen-bond donors (Lipinski definition) is 1. The zero-order chi connectivity index (χ0) is 16.7. The zero-order valence-corrected chi connectivity index (χ0v) is 13.2. The van der Waals surface area contributed by atoms with Crippen molar-refractivity contribution >= 4 is 17.3 Å². The van der Waals surface area contributed by atoms with Crippen molar-refractivity contribution < 1.29 is 19.5 Å². The van der Waals surface area contributed by atoms with Gasteiger partial charge in [-0.1, -0.05) is 35.3 Å². The number of methoxy groups -OCH3 is 1. The van der Waals surface area contributed by atoms with Crippen LogP contribution in [0.1, 0.15) is 30.9 Å². The van der Waals surface area contributed by atoms with Gasteiger partial charge in [-0.05, 0) is 31.2 Å². The van der Waals surface area contributed by atoms with Gasteiger partial charge >= 0.3 is 5.97 Å². The molecular weight excluding hydrogens is 294 g/mol. The third-order valence-electron chi connectivity index (χ3n) is 3.23. The Balaban J connectivity index is 2.08. The summed E-state index contributed by atoms with van der Waals surface area (Å²) in [5.41, 5.74) is 1.94. The number of carboxylic acid groups (broad SMARTS) is 1. The first-order chi connectivity index (χ1) is 11.1. The van der Waals surface area contributed by atoms with Crippen molar-refractivity contribution in [1.82, 2.24) is 0 Å². The Morgan fingerprint density at radius 1 is 1.43 bits per heavy atom. The van der Waals surface area contributed by atoms with Gasteiger partial charge in [-0.3, -0.25) is 0 Å². The molecule has 1 aromatic rings. The van der Waals surface area contributed by atoms with E-state index in [9.17, 15) is 9.90 Å². The fraction of sp³-hybridized carbons (Fsp3) is 0.333. The molecule has 0 heterocycles. The van der Waals surface area contributed by atoms with Gasteiger partial charge in [0.1, 0.15) is 17.9 Å². The quantitative estimate of drug-likeness (QED) is 0.288.